The Morgan fingerprint density at radius 3 is 2.65 bits per heavy atom. The van der Waals surface area contributed by atoms with Gasteiger partial charge in [-0.2, -0.15) is 13.2 Å². The first-order valence-electron chi connectivity index (χ1n) is 4.56. The van der Waals surface area contributed by atoms with Crippen molar-refractivity contribution in [1.82, 2.24) is 10.3 Å². The average molecular weight is 312 g/mol. The molecule has 1 heterocycles. The standard InChI is InChI=1S/C9H9BrF3N3O/c10-6-1-2-7(15-3-6)16-8(17)4-14-5-9(11,12)13/h1-3,14H,4-5H2,(H,15,16,17). The van der Waals surface area contributed by atoms with E-state index in [0.29, 0.717) is 0 Å². The zero-order valence-electron chi connectivity index (χ0n) is 8.51. The highest BCUT2D eigenvalue weighted by Crippen LogP contribution is 2.12. The zero-order chi connectivity index (χ0) is 12.9. The molecule has 0 atom stereocenters. The molecule has 0 radical (unpaired) electrons. The Labute approximate surface area is 104 Å². The van der Waals surface area contributed by atoms with Gasteiger partial charge in [0.2, 0.25) is 5.91 Å². The number of rotatable bonds is 4. The largest absolute Gasteiger partial charge is 0.401 e. The molecule has 1 aromatic heterocycles. The van der Waals surface area contributed by atoms with Crippen molar-refractivity contribution in [2.45, 2.75) is 6.18 Å². The Morgan fingerprint density at radius 2 is 2.12 bits per heavy atom. The number of aromatic nitrogens is 1. The van der Waals surface area contributed by atoms with Crippen LogP contribution in [0.3, 0.4) is 0 Å². The lowest BCUT2D eigenvalue weighted by Crippen LogP contribution is -2.35. The van der Waals surface area contributed by atoms with E-state index in [1.807, 2.05) is 5.32 Å². The summed E-state index contributed by atoms with van der Waals surface area (Å²) < 4.78 is 36.0. The molecule has 0 bridgehead atoms. The predicted molar refractivity (Wildman–Crippen MR) is 59.5 cm³/mol. The van der Waals surface area contributed by atoms with Gasteiger partial charge in [0.05, 0.1) is 13.1 Å². The number of halogens is 4. The average Bonchev–Trinajstić information content (AvgIpc) is 2.19. The Morgan fingerprint density at radius 1 is 1.41 bits per heavy atom. The summed E-state index contributed by atoms with van der Waals surface area (Å²) in [4.78, 5) is 15.0. The van der Waals surface area contributed by atoms with Crippen LogP contribution < -0.4 is 10.6 Å². The van der Waals surface area contributed by atoms with E-state index >= 15 is 0 Å². The first-order chi connectivity index (χ1) is 7.87. The monoisotopic (exact) mass is 311 g/mol. The molecule has 0 aliphatic rings. The fraction of sp³-hybridized carbons (Fsp3) is 0.333. The molecule has 0 aromatic carbocycles. The van der Waals surface area contributed by atoms with Crippen molar-refractivity contribution < 1.29 is 18.0 Å². The maximum atomic E-state index is 11.8. The minimum absolute atomic E-state index is 0.284. The van der Waals surface area contributed by atoms with Crippen LogP contribution in [0.15, 0.2) is 22.8 Å². The highest BCUT2D eigenvalue weighted by atomic mass is 79.9. The SMILES string of the molecule is O=C(CNCC(F)(F)F)Nc1ccc(Br)cn1. The molecule has 0 saturated heterocycles. The van der Waals surface area contributed by atoms with Crippen LogP contribution in [0.25, 0.3) is 0 Å². The third-order valence-corrected chi connectivity index (χ3v) is 2.07. The molecular weight excluding hydrogens is 303 g/mol. The molecule has 8 heteroatoms. The summed E-state index contributed by atoms with van der Waals surface area (Å²) in [6.07, 6.45) is -2.85. The number of anilines is 1. The first kappa shape index (κ1) is 13.9. The molecule has 1 aromatic rings. The quantitative estimate of drug-likeness (QED) is 0.893. The molecular formula is C9H9BrF3N3O. The number of pyridine rings is 1. The lowest BCUT2D eigenvalue weighted by Gasteiger charge is -2.08. The van der Waals surface area contributed by atoms with Crippen LogP contribution in [0.5, 0.6) is 0 Å². The third kappa shape index (κ3) is 6.22. The van der Waals surface area contributed by atoms with E-state index in [1.54, 1.807) is 6.07 Å². The van der Waals surface area contributed by atoms with E-state index in [9.17, 15) is 18.0 Å². The number of hydrogen-bond acceptors (Lipinski definition) is 3. The van der Waals surface area contributed by atoms with E-state index < -0.39 is 25.2 Å². The van der Waals surface area contributed by atoms with Gasteiger partial charge in [0, 0.05) is 10.7 Å². The van der Waals surface area contributed by atoms with Crippen LogP contribution in [0.4, 0.5) is 19.0 Å². The second-order valence-corrected chi connectivity index (χ2v) is 4.04. The summed E-state index contributed by atoms with van der Waals surface area (Å²) in [5.74, 6) is -0.295. The summed E-state index contributed by atoms with van der Waals surface area (Å²) in [5.41, 5.74) is 0. The molecule has 0 fully saturated rings. The van der Waals surface area contributed by atoms with Gasteiger partial charge in [0.15, 0.2) is 0 Å². The van der Waals surface area contributed by atoms with Crippen LogP contribution in [0.2, 0.25) is 0 Å². The van der Waals surface area contributed by atoms with Gasteiger partial charge in [-0.1, -0.05) is 0 Å². The van der Waals surface area contributed by atoms with Gasteiger partial charge in [0.25, 0.3) is 0 Å². The fourth-order valence-corrected chi connectivity index (χ4v) is 1.19. The smallest absolute Gasteiger partial charge is 0.310 e. The van der Waals surface area contributed by atoms with E-state index in [-0.39, 0.29) is 5.82 Å². The summed E-state index contributed by atoms with van der Waals surface area (Å²) in [5, 5.41) is 4.34. The Bertz CT molecular complexity index is 380. The lowest BCUT2D eigenvalue weighted by molar-refractivity contribution is -0.126. The van der Waals surface area contributed by atoms with Gasteiger partial charge in [-0.3, -0.25) is 4.79 Å². The van der Waals surface area contributed by atoms with Gasteiger partial charge in [-0.25, -0.2) is 4.98 Å². The van der Waals surface area contributed by atoms with E-state index in [4.69, 9.17) is 0 Å². The number of amides is 1. The van der Waals surface area contributed by atoms with Crippen LogP contribution in [0, 0.1) is 0 Å². The number of hydrogen-bond donors (Lipinski definition) is 2. The minimum Gasteiger partial charge on any atom is -0.310 e. The maximum Gasteiger partial charge on any atom is 0.401 e. The Kier molecular flexibility index (Phi) is 4.88. The molecule has 0 aliphatic carbocycles. The first-order valence-corrected chi connectivity index (χ1v) is 5.35. The van der Waals surface area contributed by atoms with Crippen molar-refractivity contribution in [3.63, 3.8) is 0 Å². The normalized spacial score (nSPS) is 11.3. The summed E-state index contributed by atoms with van der Waals surface area (Å²) in [7, 11) is 0. The van der Waals surface area contributed by atoms with E-state index in [2.05, 4.69) is 26.2 Å². The summed E-state index contributed by atoms with van der Waals surface area (Å²) in [6.45, 7) is -1.62. The van der Waals surface area contributed by atoms with Crippen molar-refractivity contribution in [2.24, 2.45) is 0 Å². The zero-order valence-corrected chi connectivity index (χ0v) is 10.1. The second-order valence-electron chi connectivity index (χ2n) is 3.13. The van der Waals surface area contributed by atoms with Crippen molar-refractivity contribution in [3.8, 4) is 0 Å². The number of carbonyl (C=O) groups is 1. The Hall–Kier alpha value is -1.15. The maximum absolute atomic E-state index is 11.8. The lowest BCUT2D eigenvalue weighted by atomic mass is 10.4. The van der Waals surface area contributed by atoms with Gasteiger partial charge in [0.1, 0.15) is 5.82 Å². The predicted octanol–water partition coefficient (Wildman–Crippen LogP) is 1.93. The third-order valence-electron chi connectivity index (χ3n) is 1.61. The topological polar surface area (TPSA) is 54.0 Å². The van der Waals surface area contributed by atoms with Crippen molar-refractivity contribution in [1.29, 1.82) is 0 Å². The highest BCUT2D eigenvalue weighted by Gasteiger charge is 2.26. The molecule has 0 spiro atoms. The molecule has 1 rings (SSSR count). The van der Waals surface area contributed by atoms with E-state index in [0.717, 1.165) is 4.47 Å². The van der Waals surface area contributed by atoms with Gasteiger partial charge in [-0.15, -0.1) is 0 Å². The van der Waals surface area contributed by atoms with Crippen molar-refractivity contribution in [3.05, 3.63) is 22.8 Å². The molecule has 1 amide bonds. The highest BCUT2D eigenvalue weighted by molar-refractivity contribution is 9.10. The molecule has 0 aliphatic heterocycles. The van der Waals surface area contributed by atoms with Crippen LogP contribution >= 0.6 is 15.9 Å². The van der Waals surface area contributed by atoms with Crippen LogP contribution in [0.1, 0.15) is 0 Å². The van der Waals surface area contributed by atoms with E-state index in [1.165, 1.54) is 12.3 Å². The fourth-order valence-electron chi connectivity index (χ4n) is 0.955. The molecule has 0 unspecified atom stereocenters. The molecule has 94 valence electrons. The number of alkyl halides is 3. The van der Waals surface area contributed by atoms with Crippen LogP contribution in [-0.4, -0.2) is 30.2 Å². The second kappa shape index (κ2) is 5.97. The van der Waals surface area contributed by atoms with Gasteiger partial charge >= 0.3 is 6.18 Å². The van der Waals surface area contributed by atoms with Crippen molar-refractivity contribution >= 4 is 27.7 Å². The number of nitrogens with one attached hydrogen (secondary N) is 2. The minimum atomic E-state index is -4.32. The van der Waals surface area contributed by atoms with Gasteiger partial charge in [-0.05, 0) is 28.1 Å². The number of nitrogens with zero attached hydrogens (tertiary/aromatic N) is 1. The summed E-state index contributed by atoms with van der Waals surface area (Å²) in [6, 6.07) is 3.19. The molecule has 2 N–H and O–H groups in total. The molecule has 17 heavy (non-hydrogen) atoms. The van der Waals surface area contributed by atoms with Gasteiger partial charge < -0.3 is 10.6 Å². The molecule has 0 saturated carbocycles. The van der Waals surface area contributed by atoms with Crippen LogP contribution in [-0.2, 0) is 4.79 Å². The Balaban J connectivity index is 2.32. The van der Waals surface area contributed by atoms with Crippen molar-refractivity contribution in [2.75, 3.05) is 18.4 Å². The summed E-state index contributed by atoms with van der Waals surface area (Å²) >= 11 is 3.16. The molecule has 4 nitrogen and oxygen atoms in total. The number of carbonyl (C=O) groups excluding carboxylic acids is 1.